The molecule has 2 rings (SSSR count). The predicted octanol–water partition coefficient (Wildman–Crippen LogP) is 1.92. The van der Waals surface area contributed by atoms with Gasteiger partial charge in [0.25, 0.3) is 11.1 Å². The summed E-state index contributed by atoms with van der Waals surface area (Å²) < 4.78 is 0. The number of nitrogens with one attached hydrogen (secondary N) is 2. The fourth-order valence-corrected chi connectivity index (χ4v) is 1.95. The zero-order valence-corrected chi connectivity index (χ0v) is 8.84. The van der Waals surface area contributed by atoms with Gasteiger partial charge in [0.05, 0.1) is 4.91 Å². The molecule has 6 heteroatoms. The van der Waals surface area contributed by atoms with Crippen molar-refractivity contribution in [2.75, 3.05) is 5.48 Å². The molecule has 2 N–H and O–H groups in total. The second-order valence-corrected chi connectivity index (χ2v) is 4.09. The number of carbonyl (C=O) groups excluding carboxylic acids is 2. The fourth-order valence-electron chi connectivity index (χ4n) is 1.26. The molecule has 82 valence electrons. The number of hydrogen-bond donors (Lipinski definition) is 2. The third-order valence-corrected chi connectivity index (χ3v) is 2.75. The molecule has 0 spiro atoms. The smallest absolute Gasteiger partial charge is 0.290 e. The lowest BCUT2D eigenvalue weighted by Crippen LogP contribution is -2.17. The zero-order chi connectivity index (χ0) is 11.5. The SMILES string of the molecule is O=C1NC(=O)/C(=C/c2cccc(N[O-])c2)S1. The van der Waals surface area contributed by atoms with Crippen LogP contribution in [0.2, 0.25) is 0 Å². The Balaban J connectivity index is 2.28. The first-order valence-electron chi connectivity index (χ1n) is 4.42. The van der Waals surface area contributed by atoms with E-state index in [0.29, 0.717) is 16.2 Å². The first-order chi connectivity index (χ1) is 7.69. The van der Waals surface area contributed by atoms with Crippen LogP contribution in [0.25, 0.3) is 6.08 Å². The van der Waals surface area contributed by atoms with Crippen LogP contribution in [0.15, 0.2) is 29.2 Å². The lowest BCUT2D eigenvalue weighted by molar-refractivity contribution is -0.115. The van der Waals surface area contributed by atoms with E-state index in [9.17, 15) is 14.8 Å². The standard InChI is InChI=1S/C10H7N2O3S/c13-9-8(16-10(14)11-9)5-6-2-1-3-7(4-6)12-15/h1-5,12H,(H,11,13,14)/q-1/b8-5-. The van der Waals surface area contributed by atoms with Gasteiger partial charge in [-0.25, -0.2) is 0 Å². The third kappa shape index (κ3) is 2.23. The van der Waals surface area contributed by atoms with Crippen molar-refractivity contribution in [1.29, 1.82) is 0 Å². The Morgan fingerprint density at radius 2 is 2.19 bits per heavy atom. The highest BCUT2D eigenvalue weighted by Crippen LogP contribution is 2.26. The van der Waals surface area contributed by atoms with Crippen LogP contribution in [0.1, 0.15) is 5.56 Å². The van der Waals surface area contributed by atoms with Crippen LogP contribution in [-0.2, 0) is 4.79 Å². The van der Waals surface area contributed by atoms with E-state index in [2.05, 4.69) is 5.32 Å². The number of anilines is 1. The summed E-state index contributed by atoms with van der Waals surface area (Å²) in [7, 11) is 0. The predicted molar refractivity (Wildman–Crippen MR) is 62.5 cm³/mol. The monoisotopic (exact) mass is 235 g/mol. The van der Waals surface area contributed by atoms with E-state index in [0.717, 1.165) is 11.8 Å². The summed E-state index contributed by atoms with van der Waals surface area (Å²) in [6.45, 7) is 0. The highest BCUT2D eigenvalue weighted by molar-refractivity contribution is 8.18. The molecule has 1 aromatic carbocycles. The average Bonchev–Trinajstić information content (AvgIpc) is 2.58. The highest BCUT2D eigenvalue weighted by atomic mass is 32.2. The Morgan fingerprint density at radius 1 is 1.38 bits per heavy atom. The van der Waals surface area contributed by atoms with Gasteiger partial charge in [0.1, 0.15) is 0 Å². The number of benzene rings is 1. The Hall–Kier alpha value is -1.79. The summed E-state index contributed by atoms with van der Waals surface area (Å²) in [6.07, 6.45) is 1.56. The van der Waals surface area contributed by atoms with Crippen LogP contribution in [0.3, 0.4) is 0 Å². The van der Waals surface area contributed by atoms with Gasteiger partial charge in [-0.15, -0.1) is 0 Å². The van der Waals surface area contributed by atoms with Gasteiger partial charge < -0.3 is 10.7 Å². The summed E-state index contributed by atoms with van der Waals surface area (Å²) in [5, 5.41) is 12.2. The van der Waals surface area contributed by atoms with Crippen LogP contribution in [0.5, 0.6) is 0 Å². The van der Waals surface area contributed by atoms with Crippen molar-refractivity contribution in [3.05, 3.63) is 39.9 Å². The van der Waals surface area contributed by atoms with Crippen LogP contribution in [-0.4, -0.2) is 11.1 Å². The summed E-state index contributed by atoms with van der Waals surface area (Å²) >= 11 is 0.845. The summed E-state index contributed by atoms with van der Waals surface area (Å²) in [5.41, 5.74) is 2.85. The molecule has 1 fully saturated rings. The van der Waals surface area contributed by atoms with E-state index in [1.807, 2.05) is 0 Å². The van der Waals surface area contributed by atoms with Crippen molar-refractivity contribution in [1.82, 2.24) is 5.32 Å². The second-order valence-electron chi connectivity index (χ2n) is 3.08. The van der Waals surface area contributed by atoms with Crippen molar-refractivity contribution in [3.8, 4) is 0 Å². The summed E-state index contributed by atoms with van der Waals surface area (Å²) in [4.78, 5) is 22.5. The number of imide groups is 1. The number of hydrogen-bond acceptors (Lipinski definition) is 5. The minimum absolute atomic E-state index is 0.327. The van der Waals surface area contributed by atoms with E-state index in [-0.39, 0.29) is 5.24 Å². The topological polar surface area (TPSA) is 81.3 Å². The highest BCUT2D eigenvalue weighted by Gasteiger charge is 2.24. The van der Waals surface area contributed by atoms with Crippen molar-refractivity contribution in [3.63, 3.8) is 0 Å². The fraction of sp³-hybridized carbons (Fsp3) is 0. The maximum atomic E-state index is 11.2. The molecule has 0 saturated carbocycles. The lowest BCUT2D eigenvalue weighted by atomic mass is 10.2. The molecule has 1 heterocycles. The lowest BCUT2D eigenvalue weighted by Gasteiger charge is -2.09. The van der Waals surface area contributed by atoms with Gasteiger partial charge >= 0.3 is 0 Å². The Bertz CT molecular complexity index is 485. The molecule has 5 nitrogen and oxygen atoms in total. The van der Waals surface area contributed by atoms with E-state index in [4.69, 9.17) is 0 Å². The number of carbonyl (C=O) groups is 2. The van der Waals surface area contributed by atoms with Crippen LogP contribution < -0.4 is 10.8 Å². The first kappa shape index (κ1) is 10.7. The first-order valence-corrected chi connectivity index (χ1v) is 5.24. The van der Waals surface area contributed by atoms with Gasteiger partial charge in [-0.2, -0.15) is 0 Å². The van der Waals surface area contributed by atoms with Crippen molar-refractivity contribution in [2.24, 2.45) is 0 Å². The van der Waals surface area contributed by atoms with Gasteiger partial charge in [-0.05, 0) is 35.5 Å². The normalized spacial score (nSPS) is 17.7. The molecule has 16 heavy (non-hydrogen) atoms. The maximum absolute atomic E-state index is 11.2. The largest absolute Gasteiger partial charge is 0.761 e. The van der Waals surface area contributed by atoms with Gasteiger partial charge in [0, 0.05) is 5.69 Å². The van der Waals surface area contributed by atoms with Crippen molar-refractivity contribution >= 4 is 34.7 Å². The van der Waals surface area contributed by atoms with Gasteiger partial charge in [0.15, 0.2) is 0 Å². The molecule has 1 aromatic rings. The van der Waals surface area contributed by atoms with Crippen molar-refractivity contribution in [2.45, 2.75) is 0 Å². The molecular weight excluding hydrogens is 228 g/mol. The minimum atomic E-state index is -0.407. The molecule has 0 unspecified atom stereocenters. The minimum Gasteiger partial charge on any atom is -0.761 e. The van der Waals surface area contributed by atoms with Crippen LogP contribution >= 0.6 is 11.8 Å². The molecule has 0 bridgehead atoms. The van der Waals surface area contributed by atoms with Gasteiger partial charge in [-0.1, -0.05) is 12.1 Å². The molecule has 0 radical (unpaired) electrons. The molecular formula is C10H7N2O3S-. The Kier molecular flexibility index (Phi) is 2.93. The molecule has 0 aliphatic carbocycles. The molecule has 1 aliphatic rings. The van der Waals surface area contributed by atoms with Gasteiger partial charge in [0.2, 0.25) is 0 Å². The summed E-state index contributed by atoms with van der Waals surface area (Å²) in [6, 6.07) is 6.63. The van der Waals surface area contributed by atoms with Gasteiger partial charge in [-0.3, -0.25) is 14.9 Å². The molecule has 1 saturated heterocycles. The molecule has 2 amide bonds. The quantitative estimate of drug-likeness (QED) is 0.604. The number of thioether (sulfide) groups is 1. The third-order valence-electron chi connectivity index (χ3n) is 1.94. The second kappa shape index (κ2) is 4.38. The van der Waals surface area contributed by atoms with Crippen molar-refractivity contribution < 1.29 is 9.59 Å². The molecule has 0 atom stereocenters. The maximum Gasteiger partial charge on any atom is 0.290 e. The Labute approximate surface area is 95.5 Å². The number of rotatable bonds is 2. The summed E-state index contributed by atoms with van der Waals surface area (Å²) in [5.74, 6) is -0.407. The van der Waals surface area contributed by atoms with E-state index in [1.165, 1.54) is 0 Å². The molecule has 0 aromatic heterocycles. The average molecular weight is 235 g/mol. The van der Waals surface area contributed by atoms with Crippen LogP contribution in [0, 0.1) is 5.21 Å². The number of amides is 2. The molecule has 1 aliphatic heterocycles. The van der Waals surface area contributed by atoms with E-state index >= 15 is 0 Å². The zero-order valence-electron chi connectivity index (χ0n) is 8.02. The Morgan fingerprint density at radius 3 is 2.81 bits per heavy atom. The van der Waals surface area contributed by atoms with E-state index < -0.39 is 5.91 Å². The van der Waals surface area contributed by atoms with Crippen LogP contribution in [0.4, 0.5) is 10.5 Å². The van der Waals surface area contributed by atoms with E-state index in [1.54, 1.807) is 35.8 Å².